The molecule has 0 radical (unpaired) electrons. The number of piperazine rings is 1. The average Bonchev–Trinajstić information content (AvgIpc) is 2.89. The van der Waals surface area contributed by atoms with E-state index in [1.807, 2.05) is 13.8 Å². The van der Waals surface area contributed by atoms with Crippen LogP contribution in [0.3, 0.4) is 0 Å². The quantitative estimate of drug-likeness (QED) is 0.864. The predicted molar refractivity (Wildman–Crippen MR) is 79.6 cm³/mol. The summed E-state index contributed by atoms with van der Waals surface area (Å²) in [7, 11) is -3.33. The Kier molecular flexibility index (Phi) is 4.16. The van der Waals surface area contributed by atoms with Crippen molar-refractivity contribution in [3.05, 3.63) is 11.7 Å². The maximum Gasteiger partial charge on any atom is 0.247 e. The standard InChI is InChI=1S/C13H24N4O3S/c1-12(2,17-8-6-14-7-9-17)10-15-11(20-16-10)13(3,4)21(5,18)19/h14H,6-9H2,1-5H3. The third-order valence-electron chi connectivity index (χ3n) is 4.32. The number of nitrogens with one attached hydrogen (secondary N) is 1. The first-order valence-electron chi connectivity index (χ1n) is 7.07. The molecule has 0 saturated carbocycles. The van der Waals surface area contributed by atoms with Gasteiger partial charge in [0.15, 0.2) is 15.7 Å². The van der Waals surface area contributed by atoms with Crippen molar-refractivity contribution in [2.45, 2.75) is 38.0 Å². The number of aromatic nitrogens is 2. The molecular weight excluding hydrogens is 292 g/mol. The highest BCUT2D eigenvalue weighted by molar-refractivity contribution is 7.91. The van der Waals surface area contributed by atoms with Gasteiger partial charge in [0.1, 0.15) is 4.75 Å². The van der Waals surface area contributed by atoms with Crippen molar-refractivity contribution in [1.82, 2.24) is 20.4 Å². The van der Waals surface area contributed by atoms with E-state index in [1.165, 1.54) is 6.26 Å². The Morgan fingerprint density at radius 3 is 2.29 bits per heavy atom. The number of hydrogen-bond acceptors (Lipinski definition) is 7. The van der Waals surface area contributed by atoms with Crippen molar-refractivity contribution in [2.24, 2.45) is 0 Å². The fourth-order valence-corrected chi connectivity index (χ4v) is 2.64. The summed E-state index contributed by atoms with van der Waals surface area (Å²) in [6, 6.07) is 0. The Labute approximate surface area is 126 Å². The zero-order valence-electron chi connectivity index (χ0n) is 13.3. The second-order valence-electron chi connectivity index (χ2n) is 6.50. The molecule has 1 aliphatic rings. The lowest BCUT2D eigenvalue weighted by atomic mass is 10.0. The molecule has 1 aromatic rings. The molecule has 0 aliphatic carbocycles. The fourth-order valence-electron chi connectivity index (χ4n) is 2.24. The number of nitrogens with zero attached hydrogens (tertiary/aromatic N) is 3. The molecule has 0 amide bonds. The molecular formula is C13H24N4O3S. The molecule has 1 aromatic heterocycles. The highest BCUT2D eigenvalue weighted by Crippen LogP contribution is 2.31. The van der Waals surface area contributed by atoms with Crippen LogP contribution < -0.4 is 5.32 Å². The molecule has 2 heterocycles. The molecule has 120 valence electrons. The summed E-state index contributed by atoms with van der Waals surface area (Å²) in [5, 5.41) is 7.33. The average molecular weight is 316 g/mol. The molecule has 0 bridgehead atoms. The molecule has 1 aliphatic heterocycles. The molecule has 2 rings (SSSR count). The van der Waals surface area contributed by atoms with E-state index in [2.05, 4.69) is 20.4 Å². The summed E-state index contributed by atoms with van der Waals surface area (Å²) in [5.74, 6) is 0.666. The molecule has 0 atom stereocenters. The SMILES string of the molecule is CC(C)(c1noc(C(C)(C)S(C)(=O)=O)n1)N1CCNCC1. The molecule has 0 spiro atoms. The van der Waals surface area contributed by atoms with Crippen molar-refractivity contribution >= 4 is 9.84 Å². The number of hydrogen-bond donors (Lipinski definition) is 1. The van der Waals surface area contributed by atoms with Gasteiger partial charge in [-0.3, -0.25) is 4.90 Å². The Morgan fingerprint density at radius 2 is 1.76 bits per heavy atom. The van der Waals surface area contributed by atoms with Crippen LogP contribution in [0.5, 0.6) is 0 Å². The van der Waals surface area contributed by atoms with E-state index < -0.39 is 20.1 Å². The van der Waals surface area contributed by atoms with Crippen molar-refractivity contribution in [3.8, 4) is 0 Å². The fraction of sp³-hybridized carbons (Fsp3) is 0.846. The largest absolute Gasteiger partial charge is 0.338 e. The van der Waals surface area contributed by atoms with Crippen LogP contribution in [-0.2, 0) is 20.1 Å². The zero-order valence-corrected chi connectivity index (χ0v) is 14.1. The van der Waals surface area contributed by atoms with Crippen LogP contribution in [0.2, 0.25) is 0 Å². The van der Waals surface area contributed by atoms with Crippen LogP contribution in [0.1, 0.15) is 39.4 Å². The van der Waals surface area contributed by atoms with Gasteiger partial charge in [0.2, 0.25) is 5.89 Å². The van der Waals surface area contributed by atoms with E-state index in [0.717, 1.165) is 26.2 Å². The van der Waals surface area contributed by atoms with Gasteiger partial charge in [-0.05, 0) is 27.7 Å². The second kappa shape index (κ2) is 5.33. The molecule has 7 nitrogen and oxygen atoms in total. The van der Waals surface area contributed by atoms with Crippen molar-refractivity contribution in [3.63, 3.8) is 0 Å². The Hall–Kier alpha value is -0.990. The van der Waals surface area contributed by atoms with Crippen molar-refractivity contribution < 1.29 is 12.9 Å². The smallest absolute Gasteiger partial charge is 0.247 e. The first-order valence-corrected chi connectivity index (χ1v) is 8.96. The lowest BCUT2D eigenvalue weighted by Gasteiger charge is -2.38. The summed E-state index contributed by atoms with van der Waals surface area (Å²) in [6.07, 6.45) is 1.18. The zero-order chi connectivity index (χ0) is 15.9. The molecule has 1 fully saturated rings. The van der Waals surface area contributed by atoms with E-state index in [0.29, 0.717) is 5.82 Å². The first-order chi connectivity index (χ1) is 9.57. The summed E-state index contributed by atoms with van der Waals surface area (Å²) in [5.41, 5.74) is -0.391. The maximum absolute atomic E-state index is 11.9. The van der Waals surface area contributed by atoms with E-state index in [-0.39, 0.29) is 5.89 Å². The van der Waals surface area contributed by atoms with Gasteiger partial charge in [0.05, 0.1) is 5.54 Å². The van der Waals surface area contributed by atoms with Gasteiger partial charge < -0.3 is 9.84 Å². The molecule has 0 aromatic carbocycles. The van der Waals surface area contributed by atoms with Gasteiger partial charge in [0, 0.05) is 32.4 Å². The van der Waals surface area contributed by atoms with Crippen molar-refractivity contribution in [2.75, 3.05) is 32.4 Å². The Bertz CT molecular complexity index is 601. The molecule has 21 heavy (non-hydrogen) atoms. The minimum absolute atomic E-state index is 0.142. The molecule has 0 unspecified atom stereocenters. The van der Waals surface area contributed by atoms with Gasteiger partial charge in [-0.25, -0.2) is 8.42 Å². The van der Waals surface area contributed by atoms with E-state index >= 15 is 0 Å². The molecule has 8 heteroatoms. The Morgan fingerprint density at radius 1 is 1.19 bits per heavy atom. The minimum Gasteiger partial charge on any atom is -0.338 e. The van der Waals surface area contributed by atoms with Gasteiger partial charge in [0.25, 0.3) is 0 Å². The predicted octanol–water partition coefficient (Wildman–Crippen LogP) is 0.490. The van der Waals surface area contributed by atoms with Gasteiger partial charge >= 0.3 is 0 Å². The summed E-state index contributed by atoms with van der Waals surface area (Å²) >= 11 is 0. The van der Waals surface area contributed by atoms with Gasteiger partial charge in [-0.2, -0.15) is 4.98 Å². The lowest BCUT2D eigenvalue weighted by molar-refractivity contribution is 0.0924. The number of rotatable bonds is 4. The topological polar surface area (TPSA) is 88.3 Å². The van der Waals surface area contributed by atoms with E-state index in [4.69, 9.17) is 4.52 Å². The second-order valence-corrected chi connectivity index (χ2v) is 9.07. The monoisotopic (exact) mass is 316 g/mol. The van der Waals surface area contributed by atoms with Gasteiger partial charge in [-0.15, -0.1) is 0 Å². The summed E-state index contributed by atoms with van der Waals surface area (Å²) in [4.78, 5) is 6.65. The van der Waals surface area contributed by atoms with E-state index in [9.17, 15) is 8.42 Å². The highest BCUT2D eigenvalue weighted by Gasteiger charge is 2.41. The summed E-state index contributed by atoms with van der Waals surface area (Å²) in [6.45, 7) is 10.8. The van der Waals surface area contributed by atoms with Gasteiger partial charge in [-0.1, -0.05) is 5.16 Å². The van der Waals surface area contributed by atoms with Crippen LogP contribution in [0.4, 0.5) is 0 Å². The van der Waals surface area contributed by atoms with Crippen LogP contribution >= 0.6 is 0 Å². The first kappa shape index (κ1) is 16.4. The van der Waals surface area contributed by atoms with Crippen LogP contribution in [0.25, 0.3) is 0 Å². The Balaban J connectivity index is 2.31. The molecule has 1 saturated heterocycles. The summed E-state index contributed by atoms with van der Waals surface area (Å²) < 4.78 is 27.8. The third kappa shape index (κ3) is 2.97. The van der Waals surface area contributed by atoms with Crippen molar-refractivity contribution in [1.29, 1.82) is 0 Å². The van der Waals surface area contributed by atoms with Crippen LogP contribution in [0, 0.1) is 0 Å². The van der Waals surface area contributed by atoms with E-state index in [1.54, 1.807) is 13.8 Å². The minimum atomic E-state index is -3.33. The van der Waals surface area contributed by atoms with Crippen LogP contribution in [-0.4, -0.2) is 55.9 Å². The van der Waals surface area contributed by atoms with Crippen LogP contribution in [0.15, 0.2) is 4.52 Å². The highest BCUT2D eigenvalue weighted by atomic mass is 32.2. The lowest BCUT2D eigenvalue weighted by Crippen LogP contribution is -2.52. The third-order valence-corrected chi connectivity index (χ3v) is 6.35. The number of sulfone groups is 1. The maximum atomic E-state index is 11.9. The normalized spacial score (nSPS) is 18.9. The molecule has 1 N–H and O–H groups in total.